The summed E-state index contributed by atoms with van der Waals surface area (Å²) in [4.78, 5) is 8.00. The first-order valence-corrected chi connectivity index (χ1v) is 6.24. The van der Waals surface area contributed by atoms with Crippen LogP contribution in [0.25, 0.3) is 22.4 Å². The minimum Gasteiger partial charge on any atom is -0.338 e. The number of aromatic nitrogens is 2. The lowest BCUT2D eigenvalue weighted by molar-refractivity contribution is 1.33. The maximum absolute atomic E-state index is 4.65. The second-order valence-electron chi connectivity index (χ2n) is 4.07. The Morgan fingerprint density at radius 3 is 2.65 bits per heavy atom. The maximum Gasteiger partial charge on any atom is 0.138 e. The molecular formula is C14H11BrN2. The van der Waals surface area contributed by atoms with Gasteiger partial charge in [0, 0.05) is 10.0 Å². The molecule has 3 heteroatoms. The van der Waals surface area contributed by atoms with Gasteiger partial charge in [-0.05, 0) is 24.6 Å². The van der Waals surface area contributed by atoms with Crippen LogP contribution in [0, 0.1) is 6.92 Å². The molecular weight excluding hydrogens is 276 g/mol. The molecule has 2 nitrogen and oxygen atoms in total. The van der Waals surface area contributed by atoms with Gasteiger partial charge in [-0.15, -0.1) is 0 Å². The number of hydrogen-bond donors (Lipinski definition) is 1. The van der Waals surface area contributed by atoms with Gasteiger partial charge in [-0.3, -0.25) is 0 Å². The van der Waals surface area contributed by atoms with Crippen LogP contribution >= 0.6 is 15.9 Å². The van der Waals surface area contributed by atoms with Gasteiger partial charge in [-0.1, -0.05) is 46.3 Å². The molecule has 0 unspecified atom stereocenters. The number of hydrogen-bond acceptors (Lipinski definition) is 1. The number of aryl methyl sites for hydroxylation is 1. The fourth-order valence-corrected chi connectivity index (χ4v) is 2.55. The van der Waals surface area contributed by atoms with E-state index in [4.69, 9.17) is 0 Å². The average molecular weight is 287 g/mol. The molecule has 0 spiro atoms. The van der Waals surface area contributed by atoms with E-state index in [1.54, 1.807) is 0 Å². The zero-order chi connectivity index (χ0) is 11.8. The van der Waals surface area contributed by atoms with Crippen molar-refractivity contribution < 1.29 is 0 Å². The molecule has 0 saturated carbocycles. The first kappa shape index (κ1) is 10.5. The van der Waals surface area contributed by atoms with Crippen molar-refractivity contribution in [3.63, 3.8) is 0 Å². The number of imidazole rings is 1. The molecule has 0 fully saturated rings. The number of halogens is 1. The van der Waals surface area contributed by atoms with Crippen molar-refractivity contribution in [2.24, 2.45) is 0 Å². The number of nitrogens with zero attached hydrogens (tertiary/aromatic N) is 1. The van der Waals surface area contributed by atoms with E-state index in [-0.39, 0.29) is 0 Å². The average Bonchev–Trinajstić information content (AvgIpc) is 2.74. The summed E-state index contributed by atoms with van der Waals surface area (Å²) in [6.45, 7) is 2.07. The third-order valence-electron chi connectivity index (χ3n) is 2.79. The Bertz CT molecular complexity index is 671. The Morgan fingerprint density at radius 1 is 1.12 bits per heavy atom. The minimum atomic E-state index is 0.918. The summed E-state index contributed by atoms with van der Waals surface area (Å²) in [7, 11) is 0. The van der Waals surface area contributed by atoms with Crippen molar-refractivity contribution in [1.29, 1.82) is 0 Å². The Hall–Kier alpha value is -1.61. The standard InChI is InChI=1S/C14H11BrN2/c1-9-7-11(15)8-12-13(9)17-14(16-12)10-5-3-2-4-6-10/h2-8H,1H3,(H,16,17). The summed E-state index contributed by atoms with van der Waals surface area (Å²) < 4.78 is 1.07. The molecule has 1 heterocycles. The predicted molar refractivity (Wildman–Crippen MR) is 74.0 cm³/mol. The van der Waals surface area contributed by atoms with Gasteiger partial charge in [0.25, 0.3) is 0 Å². The zero-order valence-electron chi connectivity index (χ0n) is 9.37. The molecule has 3 rings (SSSR count). The van der Waals surface area contributed by atoms with Crippen LogP contribution in [0.2, 0.25) is 0 Å². The van der Waals surface area contributed by atoms with Crippen LogP contribution in [0.15, 0.2) is 46.9 Å². The highest BCUT2D eigenvalue weighted by atomic mass is 79.9. The van der Waals surface area contributed by atoms with Crippen LogP contribution in [-0.4, -0.2) is 9.97 Å². The molecule has 84 valence electrons. The molecule has 2 aromatic carbocycles. The second-order valence-corrected chi connectivity index (χ2v) is 4.99. The molecule has 1 aromatic heterocycles. The normalized spacial score (nSPS) is 10.9. The molecule has 0 atom stereocenters. The van der Waals surface area contributed by atoms with E-state index in [0.717, 1.165) is 26.9 Å². The van der Waals surface area contributed by atoms with E-state index in [9.17, 15) is 0 Å². The number of benzene rings is 2. The Morgan fingerprint density at radius 2 is 1.88 bits per heavy atom. The Balaban J connectivity index is 2.24. The molecule has 1 N–H and O–H groups in total. The van der Waals surface area contributed by atoms with Gasteiger partial charge in [0.15, 0.2) is 0 Å². The number of nitrogens with one attached hydrogen (secondary N) is 1. The predicted octanol–water partition coefficient (Wildman–Crippen LogP) is 4.30. The summed E-state index contributed by atoms with van der Waals surface area (Å²) in [5.41, 5.74) is 4.38. The molecule has 0 amide bonds. The van der Waals surface area contributed by atoms with Crippen molar-refractivity contribution >= 4 is 27.0 Å². The number of H-pyrrole nitrogens is 1. The maximum atomic E-state index is 4.65. The van der Waals surface area contributed by atoms with E-state index in [1.165, 1.54) is 5.56 Å². The van der Waals surface area contributed by atoms with E-state index < -0.39 is 0 Å². The number of fused-ring (bicyclic) bond motifs is 1. The highest BCUT2D eigenvalue weighted by Crippen LogP contribution is 2.25. The fourth-order valence-electron chi connectivity index (χ4n) is 1.98. The van der Waals surface area contributed by atoms with Gasteiger partial charge in [0.1, 0.15) is 5.82 Å². The number of rotatable bonds is 1. The molecule has 0 aliphatic rings. The smallest absolute Gasteiger partial charge is 0.138 e. The SMILES string of the molecule is Cc1cc(Br)cc2[nH]c(-c3ccccc3)nc12. The quantitative estimate of drug-likeness (QED) is 0.710. The number of aromatic amines is 1. The Labute approximate surface area is 108 Å². The van der Waals surface area contributed by atoms with E-state index in [0.29, 0.717) is 0 Å². The van der Waals surface area contributed by atoms with Crippen molar-refractivity contribution in [2.75, 3.05) is 0 Å². The van der Waals surface area contributed by atoms with E-state index in [2.05, 4.69) is 57.1 Å². The Kier molecular flexibility index (Phi) is 2.48. The molecule has 3 aromatic rings. The zero-order valence-corrected chi connectivity index (χ0v) is 11.0. The molecule has 0 bridgehead atoms. The monoisotopic (exact) mass is 286 g/mol. The lowest BCUT2D eigenvalue weighted by Crippen LogP contribution is -1.78. The molecule has 0 aliphatic carbocycles. The van der Waals surface area contributed by atoms with Gasteiger partial charge < -0.3 is 4.98 Å². The summed E-state index contributed by atoms with van der Waals surface area (Å²) in [6, 6.07) is 14.3. The third-order valence-corrected chi connectivity index (χ3v) is 3.25. The van der Waals surface area contributed by atoms with Crippen molar-refractivity contribution in [3.8, 4) is 11.4 Å². The van der Waals surface area contributed by atoms with Gasteiger partial charge in [-0.25, -0.2) is 4.98 Å². The molecule has 0 saturated heterocycles. The van der Waals surface area contributed by atoms with Gasteiger partial charge in [0.05, 0.1) is 11.0 Å². The molecule has 0 aliphatic heterocycles. The van der Waals surface area contributed by atoms with Crippen molar-refractivity contribution in [3.05, 3.63) is 52.5 Å². The third kappa shape index (κ3) is 1.87. The minimum absolute atomic E-state index is 0.918. The highest BCUT2D eigenvalue weighted by Gasteiger charge is 2.07. The first-order chi connectivity index (χ1) is 8.24. The van der Waals surface area contributed by atoms with Gasteiger partial charge in [-0.2, -0.15) is 0 Å². The van der Waals surface area contributed by atoms with Crippen molar-refractivity contribution in [1.82, 2.24) is 9.97 Å². The van der Waals surface area contributed by atoms with Crippen LogP contribution in [0.5, 0.6) is 0 Å². The van der Waals surface area contributed by atoms with Crippen LogP contribution in [0.3, 0.4) is 0 Å². The topological polar surface area (TPSA) is 28.7 Å². The summed E-state index contributed by atoms with van der Waals surface area (Å²) in [5.74, 6) is 0.918. The van der Waals surface area contributed by atoms with Crippen LogP contribution in [0.4, 0.5) is 0 Å². The summed E-state index contributed by atoms with van der Waals surface area (Å²) in [5, 5.41) is 0. The lowest BCUT2D eigenvalue weighted by Gasteiger charge is -1.94. The summed E-state index contributed by atoms with van der Waals surface area (Å²) in [6.07, 6.45) is 0. The van der Waals surface area contributed by atoms with Crippen LogP contribution < -0.4 is 0 Å². The van der Waals surface area contributed by atoms with Crippen LogP contribution in [-0.2, 0) is 0 Å². The fraction of sp³-hybridized carbons (Fsp3) is 0.0714. The van der Waals surface area contributed by atoms with Crippen molar-refractivity contribution in [2.45, 2.75) is 6.92 Å². The van der Waals surface area contributed by atoms with Crippen LogP contribution in [0.1, 0.15) is 5.56 Å². The summed E-state index contributed by atoms with van der Waals surface area (Å²) >= 11 is 3.50. The van der Waals surface area contributed by atoms with Gasteiger partial charge in [0.2, 0.25) is 0 Å². The first-order valence-electron chi connectivity index (χ1n) is 5.45. The van der Waals surface area contributed by atoms with E-state index >= 15 is 0 Å². The molecule has 0 radical (unpaired) electrons. The second kappa shape index (κ2) is 4.00. The van der Waals surface area contributed by atoms with Gasteiger partial charge >= 0.3 is 0 Å². The molecule has 17 heavy (non-hydrogen) atoms. The van der Waals surface area contributed by atoms with E-state index in [1.807, 2.05) is 18.2 Å². The largest absolute Gasteiger partial charge is 0.338 e. The lowest BCUT2D eigenvalue weighted by atomic mass is 10.2. The highest BCUT2D eigenvalue weighted by molar-refractivity contribution is 9.10.